The molecule has 1 saturated carbocycles. The molecule has 1 spiro atoms. The third-order valence-corrected chi connectivity index (χ3v) is 12.9. The molecular formula is C37H49ClN4O7S. The zero-order chi connectivity index (χ0) is 35.8. The number of aryl methyl sites for hydroxylation is 1. The van der Waals surface area contributed by atoms with E-state index >= 15 is 0 Å². The van der Waals surface area contributed by atoms with Crippen molar-refractivity contribution < 1.29 is 32.6 Å². The van der Waals surface area contributed by atoms with E-state index in [0.29, 0.717) is 61.0 Å². The smallest absolute Gasteiger partial charge is 0.303 e. The molecule has 11 nitrogen and oxygen atoms in total. The number of benzene rings is 2. The first-order valence-corrected chi connectivity index (χ1v) is 19.3. The van der Waals surface area contributed by atoms with Crippen LogP contribution < -0.4 is 14.4 Å². The lowest BCUT2D eigenvalue weighted by molar-refractivity contribution is -0.148. The number of carbonyl (C=O) groups is 2. The number of halogens is 1. The fraction of sp³-hybridized carbons (Fsp3) is 0.568. The summed E-state index contributed by atoms with van der Waals surface area (Å²) in [6.45, 7) is 2.12. The minimum absolute atomic E-state index is 0.0447. The van der Waals surface area contributed by atoms with E-state index in [4.69, 9.17) is 21.1 Å². The summed E-state index contributed by atoms with van der Waals surface area (Å²) in [5.74, 6) is -0.493. The number of fused-ring (bicyclic) bond motifs is 4. The first kappa shape index (κ1) is 36.6. The van der Waals surface area contributed by atoms with Gasteiger partial charge in [0.1, 0.15) is 5.75 Å². The summed E-state index contributed by atoms with van der Waals surface area (Å²) >= 11 is 6.45. The van der Waals surface area contributed by atoms with Gasteiger partial charge in [0.15, 0.2) is 5.60 Å². The Kier molecular flexibility index (Phi) is 10.6. The number of anilines is 1. The molecule has 2 amide bonds. The first-order valence-electron chi connectivity index (χ1n) is 17.5. The van der Waals surface area contributed by atoms with Gasteiger partial charge in [0, 0.05) is 58.3 Å². The van der Waals surface area contributed by atoms with E-state index in [9.17, 15) is 23.1 Å². The number of methoxy groups -OCH3 is 1. The van der Waals surface area contributed by atoms with Crippen LogP contribution in [0.15, 0.2) is 48.6 Å². The van der Waals surface area contributed by atoms with Gasteiger partial charge in [0.25, 0.3) is 5.91 Å². The minimum atomic E-state index is -4.28. The van der Waals surface area contributed by atoms with Gasteiger partial charge in [0.2, 0.25) is 5.91 Å². The molecule has 2 bridgehead atoms. The van der Waals surface area contributed by atoms with Crippen molar-refractivity contribution in [3.05, 3.63) is 70.3 Å². The number of rotatable bonds is 4. The highest BCUT2D eigenvalue weighted by Crippen LogP contribution is 2.47. The Morgan fingerprint density at radius 1 is 1.16 bits per heavy atom. The number of aliphatic hydroxyl groups is 1. The van der Waals surface area contributed by atoms with Gasteiger partial charge < -0.3 is 24.4 Å². The SMILES string of the molecule is CO[C@H]1/C=C\CCCN(C)C(=O)C[C@](O)(C(=O)NS(=O)(=O)N(C)C)c2ccc3c(c2)N(C[C@@H]2CC[C@H]21)C[C@@]1(CCCc2cc(Cl)ccc21)CO3. The molecule has 2 aromatic rings. The van der Waals surface area contributed by atoms with Crippen LogP contribution in [0, 0.1) is 11.8 Å². The van der Waals surface area contributed by atoms with Crippen LogP contribution in [0.1, 0.15) is 61.6 Å². The summed E-state index contributed by atoms with van der Waals surface area (Å²) in [4.78, 5) is 31.3. The minimum Gasteiger partial charge on any atom is -0.490 e. The Hall–Kier alpha value is -3.16. The standard InChI is InChI=1S/C37H49ClN4O7S/c1-40(2)50(46,47)39-35(44)37(45)21-34(43)41(3)18-7-5-6-10-32(48-4)29-14-11-26(29)22-42-23-36(24-49-33-16-12-27(37)20-31(33)42)17-8-9-25-19-28(38)13-15-30(25)36/h6,10,12-13,15-16,19-20,26,29,32,45H,5,7-9,11,14,17-18,21-24H2,1-4H3,(H,39,44)/b10-6-/t26-,29+,32-,36-,37+/m0/s1. The van der Waals surface area contributed by atoms with Gasteiger partial charge in [-0.1, -0.05) is 35.9 Å². The van der Waals surface area contributed by atoms with Gasteiger partial charge in [-0.15, -0.1) is 0 Å². The summed E-state index contributed by atoms with van der Waals surface area (Å²) in [6, 6.07) is 11.1. The normalized spacial score (nSPS) is 29.6. The van der Waals surface area contributed by atoms with E-state index in [2.05, 4.69) is 29.2 Å². The molecule has 2 aromatic carbocycles. The lowest BCUT2D eigenvalue weighted by atomic mass is 9.68. The van der Waals surface area contributed by atoms with E-state index in [1.54, 1.807) is 32.4 Å². The second-order valence-corrected chi connectivity index (χ2v) is 17.0. The zero-order valence-electron chi connectivity index (χ0n) is 29.4. The van der Waals surface area contributed by atoms with Gasteiger partial charge in [-0.25, -0.2) is 4.72 Å². The van der Waals surface area contributed by atoms with Crippen LogP contribution in [0.2, 0.25) is 5.02 Å². The Labute approximate surface area is 300 Å². The molecule has 0 aromatic heterocycles. The molecule has 6 rings (SSSR count). The summed E-state index contributed by atoms with van der Waals surface area (Å²) in [6.07, 6.45) is 9.83. The van der Waals surface area contributed by atoms with E-state index < -0.39 is 34.0 Å². The highest BCUT2D eigenvalue weighted by molar-refractivity contribution is 7.87. The van der Waals surface area contributed by atoms with Crippen molar-refractivity contribution in [2.45, 2.75) is 68.5 Å². The average Bonchev–Trinajstić information content (AvgIpc) is 3.21. The van der Waals surface area contributed by atoms with Crippen molar-refractivity contribution in [1.29, 1.82) is 0 Å². The van der Waals surface area contributed by atoms with Crippen LogP contribution in [0.25, 0.3) is 0 Å². The lowest BCUT2D eigenvalue weighted by Crippen LogP contribution is -2.52. The van der Waals surface area contributed by atoms with Crippen LogP contribution in [0.3, 0.4) is 0 Å². The van der Waals surface area contributed by atoms with E-state index in [0.717, 1.165) is 42.8 Å². The van der Waals surface area contributed by atoms with Gasteiger partial charge in [0.05, 0.1) is 24.8 Å². The number of ether oxygens (including phenoxy) is 2. The van der Waals surface area contributed by atoms with Crippen molar-refractivity contribution >= 4 is 39.3 Å². The molecule has 1 fully saturated rings. The third kappa shape index (κ3) is 7.14. The molecule has 272 valence electrons. The van der Waals surface area contributed by atoms with Crippen LogP contribution in [-0.2, 0) is 42.0 Å². The summed E-state index contributed by atoms with van der Waals surface area (Å²) < 4.78 is 41.1. The largest absolute Gasteiger partial charge is 0.490 e. The predicted molar refractivity (Wildman–Crippen MR) is 193 cm³/mol. The molecule has 4 aliphatic rings. The van der Waals surface area contributed by atoms with Gasteiger partial charge in [-0.3, -0.25) is 9.59 Å². The number of amides is 2. The van der Waals surface area contributed by atoms with Crippen LogP contribution in [-0.4, -0.2) is 95.1 Å². The van der Waals surface area contributed by atoms with Crippen molar-refractivity contribution in [2.75, 3.05) is 59.4 Å². The molecule has 2 aliphatic carbocycles. The van der Waals surface area contributed by atoms with Crippen molar-refractivity contribution in [2.24, 2.45) is 11.8 Å². The molecule has 2 heterocycles. The predicted octanol–water partition coefficient (Wildman–Crippen LogP) is 4.16. The van der Waals surface area contributed by atoms with Crippen molar-refractivity contribution in [1.82, 2.24) is 13.9 Å². The van der Waals surface area contributed by atoms with Crippen LogP contribution in [0.5, 0.6) is 5.75 Å². The summed E-state index contributed by atoms with van der Waals surface area (Å²) in [7, 11) is 1.65. The molecule has 50 heavy (non-hydrogen) atoms. The maximum Gasteiger partial charge on any atom is 0.303 e. The fourth-order valence-electron chi connectivity index (χ4n) is 8.07. The third-order valence-electron chi connectivity index (χ3n) is 11.2. The molecule has 13 heteroatoms. The average molecular weight is 729 g/mol. The second kappa shape index (κ2) is 14.5. The molecular weight excluding hydrogens is 680 g/mol. The fourth-order valence-corrected chi connectivity index (χ4v) is 8.85. The molecule has 2 aliphatic heterocycles. The number of hydrogen-bond acceptors (Lipinski definition) is 8. The molecule has 0 unspecified atom stereocenters. The summed E-state index contributed by atoms with van der Waals surface area (Å²) in [5, 5.41) is 13.0. The van der Waals surface area contributed by atoms with Crippen molar-refractivity contribution in [3.63, 3.8) is 0 Å². The lowest BCUT2D eigenvalue weighted by Gasteiger charge is -2.46. The van der Waals surface area contributed by atoms with Gasteiger partial charge in [-0.2, -0.15) is 12.7 Å². The Morgan fingerprint density at radius 3 is 2.68 bits per heavy atom. The van der Waals surface area contributed by atoms with Gasteiger partial charge in [-0.05, 0) is 97.7 Å². The molecule has 2 N–H and O–H groups in total. The number of nitrogens with one attached hydrogen (secondary N) is 1. The quantitative estimate of drug-likeness (QED) is 0.450. The first-order chi connectivity index (χ1) is 23.8. The summed E-state index contributed by atoms with van der Waals surface area (Å²) in [5.41, 5.74) is 0.374. The highest BCUT2D eigenvalue weighted by atomic mass is 35.5. The van der Waals surface area contributed by atoms with Gasteiger partial charge >= 0.3 is 10.2 Å². The number of hydrogen-bond donors (Lipinski definition) is 2. The number of carbonyl (C=O) groups excluding carboxylic acids is 2. The Balaban J connectivity index is 1.48. The van der Waals surface area contributed by atoms with Crippen molar-refractivity contribution in [3.8, 4) is 5.75 Å². The Morgan fingerprint density at radius 2 is 1.96 bits per heavy atom. The monoisotopic (exact) mass is 728 g/mol. The molecule has 5 atom stereocenters. The molecule has 0 radical (unpaired) electrons. The number of allylic oxidation sites excluding steroid dienone is 1. The highest BCUT2D eigenvalue weighted by Gasteiger charge is 2.47. The zero-order valence-corrected chi connectivity index (χ0v) is 30.9. The Bertz CT molecular complexity index is 1750. The van der Waals surface area contributed by atoms with Crippen LogP contribution in [0.4, 0.5) is 5.69 Å². The topological polar surface area (TPSA) is 129 Å². The second-order valence-electron chi connectivity index (χ2n) is 14.6. The van der Waals surface area contributed by atoms with E-state index in [1.165, 1.54) is 30.1 Å². The molecule has 0 saturated heterocycles. The van der Waals surface area contributed by atoms with E-state index in [-0.39, 0.29) is 17.1 Å². The number of nitrogens with zero attached hydrogens (tertiary/aromatic N) is 3. The maximum atomic E-state index is 13.9. The van der Waals surface area contributed by atoms with Crippen LogP contribution >= 0.6 is 11.6 Å². The maximum absolute atomic E-state index is 13.9. The van der Waals surface area contributed by atoms with E-state index in [1.807, 2.05) is 10.8 Å².